The zero-order valence-electron chi connectivity index (χ0n) is 16.8. The van der Waals surface area contributed by atoms with Gasteiger partial charge in [-0.1, -0.05) is 42.0 Å². The van der Waals surface area contributed by atoms with Gasteiger partial charge in [-0.05, 0) is 55.0 Å². The largest absolute Gasteiger partial charge is 0.497 e. The molecule has 0 heterocycles. The molecule has 0 fully saturated rings. The van der Waals surface area contributed by atoms with Crippen LogP contribution in [0.15, 0.2) is 72.8 Å². The van der Waals surface area contributed by atoms with Crippen LogP contribution in [0.3, 0.4) is 0 Å². The van der Waals surface area contributed by atoms with Gasteiger partial charge >= 0.3 is 0 Å². The molecule has 148 valence electrons. The molecule has 0 spiro atoms. The molecule has 0 aliphatic heterocycles. The van der Waals surface area contributed by atoms with Crippen molar-refractivity contribution in [2.75, 3.05) is 14.2 Å². The smallest absolute Gasteiger partial charge is 0.185 e. The number of ether oxygens (including phenoxy) is 3. The molecule has 0 aliphatic carbocycles. The lowest BCUT2D eigenvalue weighted by Gasteiger charge is -2.11. The van der Waals surface area contributed by atoms with Crippen LogP contribution in [-0.2, 0) is 6.61 Å². The standard InChI is InChI=1S/C25H24O4/c1-18-7-11-22(12-8-18)29-17-21-15-19(10-14-25(21)28-3)9-13-24(26)20-5-4-6-23(16-20)27-2/h4-16H,17H2,1-3H3/b13-9+. The summed E-state index contributed by atoms with van der Waals surface area (Å²) in [4.78, 5) is 12.4. The molecular formula is C25H24O4. The molecular weight excluding hydrogens is 364 g/mol. The monoisotopic (exact) mass is 388 g/mol. The van der Waals surface area contributed by atoms with Gasteiger partial charge in [-0.2, -0.15) is 0 Å². The number of carbonyl (C=O) groups excluding carboxylic acids is 1. The summed E-state index contributed by atoms with van der Waals surface area (Å²) in [5, 5.41) is 0. The van der Waals surface area contributed by atoms with Crippen LogP contribution in [0.25, 0.3) is 6.08 Å². The topological polar surface area (TPSA) is 44.8 Å². The number of aryl methyl sites for hydroxylation is 1. The van der Waals surface area contributed by atoms with Gasteiger partial charge in [0.1, 0.15) is 23.9 Å². The molecule has 0 unspecified atom stereocenters. The molecule has 0 saturated carbocycles. The van der Waals surface area contributed by atoms with Gasteiger partial charge in [0.25, 0.3) is 0 Å². The Morgan fingerprint density at radius 2 is 1.69 bits per heavy atom. The van der Waals surface area contributed by atoms with Crippen LogP contribution in [0.4, 0.5) is 0 Å². The minimum absolute atomic E-state index is 0.0860. The minimum atomic E-state index is -0.0860. The predicted octanol–water partition coefficient (Wildman–Crippen LogP) is 5.49. The number of rotatable bonds is 8. The highest BCUT2D eigenvalue weighted by atomic mass is 16.5. The first-order valence-corrected chi connectivity index (χ1v) is 9.32. The molecule has 0 aromatic heterocycles. The Balaban J connectivity index is 1.74. The Labute approximate surface area is 171 Å². The van der Waals surface area contributed by atoms with Gasteiger partial charge in [-0.25, -0.2) is 0 Å². The number of carbonyl (C=O) groups is 1. The van der Waals surface area contributed by atoms with Crippen molar-refractivity contribution in [2.45, 2.75) is 13.5 Å². The minimum Gasteiger partial charge on any atom is -0.497 e. The van der Waals surface area contributed by atoms with E-state index in [0.29, 0.717) is 17.9 Å². The van der Waals surface area contributed by atoms with Gasteiger partial charge < -0.3 is 14.2 Å². The van der Waals surface area contributed by atoms with E-state index in [9.17, 15) is 4.79 Å². The van der Waals surface area contributed by atoms with E-state index < -0.39 is 0 Å². The summed E-state index contributed by atoms with van der Waals surface area (Å²) in [5.74, 6) is 2.11. The number of hydrogen-bond acceptors (Lipinski definition) is 4. The highest BCUT2D eigenvalue weighted by Crippen LogP contribution is 2.23. The van der Waals surface area contributed by atoms with Crippen molar-refractivity contribution >= 4 is 11.9 Å². The second-order valence-electron chi connectivity index (χ2n) is 6.60. The van der Waals surface area contributed by atoms with Gasteiger partial charge in [0.2, 0.25) is 0 Å². The van der Waals surface area contributed by atoms with Crippen molar-refractivity contribution < 1.29 is 19.0 Å². The Hall–Kier alpha value is -3.53. The first kappa shape index (κ1) is 20.2. The third-order valence-electron chi connectivity index (χ3n) is 4.50. The molecule has 3 rings (SSSR count). The summed E-state index contributed by atoms with van der Waals surface area (Å²) >= 11 is 0. The van der Waals surface area contributed by atoms with E-state index in [0.717, 1.165) is 22.6 Å². The SMILES string of the molecule is COc1cccc(C(=O)/C=C/c2ccc(OC)c(COc3ccc(C)cc3)c2)c1. The van der Waals surface area contributed by atoms with Crippen LogP contribution in [0, 0.1) is 6.92 Å². The van der Waals surface area contributed by atoms with E-state index in [1.807, 2.05) is 55.5 Å². The summed E-state index contributed by atoms with van der Waals surface area (Å²) in [6.45, 7) is 2.41. The van der Waals surface area contributed by atoms with Gasteiger partial charge in [-0.15, -0.1) is 0 Å². The highest BCUT2D eigenvalue weighted by Gasteiger charge is 2.07. The molecule has 4 heteroatoms. The molecule has 4 nitrogen and oxygen atoms in total. The fraction of sp³-hybridized carbons (Fsp3) is 0.160. The van der Waals surface area contributed by atoms with Crippen molar-refractivity contribution in [3.63, 3.8) is 0 Å². The maximum atomic E-state index is 12.4. The van der Waals surface area contributed by atoms with Gasteiger partial charge in [0.15, 0.2) is 5.78 Å². The summed E-state index contributed by atoms with van der Waals surface area (Å²) in [6, 6.07) is 20.8. The highest BCUT2D eigenvalue weighted by molar-refractivity contribution is 6.07. The van der Waals surface area contributed by atoms with Crippen molar-refractivity contribution in [1.29, 1.82) is 0 Å². The number of hydrogen-bond donors (Lipinski definition) is 0. The maximum Gasteiger partial charge on any atom is 0.185 e. The summed E-state index contributed by atoms with van der Waals surface area (Å²) < 4.78 is 16.5. The molecule has 0 N–H and O–H groups in total. The molecule has 0 aliphatic rings. The quantitative estimate of drug-likeness (QED) is 0.378. The van der Waals surface area contributed by atoms with Crippen LogP contribution in [-0.4, -0.2) is 20.0 Å². The fourth-order valence-electron chi connectivity index (χ4n) is 2.86. The zero-order valence-corrected chi connectivity index (χ0v) is 16.8. The van der Waals surface area contributed by atoms with Crippen molar-refractivity contribution in [1.82, 2.24) is 0 Å². The lowest BCUT2D eigenvalue weighted by atomic mass is 10.1. The van der Waals surface area contributed by atoms with E-state index in [2.05, 4.69) is 0 Å². The molecule has 0 radical (unpaired) electrons. The molecule has 0 amide bonds. The summed E-state index contributed by atoms with van der Waals surface area (Å²) in [5.41, 5.74) is 3.56. The second-order valence-corrected chi connectivity index (χ2v) is 6.60. The average molecular weight is 388 g/mol. The van der Waals surface area contributed by atoms with Crippen molar-refractivity contribution in [3.8, 4) is 17.2 Å². The van der Waals surface area contributed by atoms with E-state index in [1.54, 1.807) is 44.6 Å². The first-order valence-electron chi connectivity index (χ1n) is 9.32. The Morgan fingerprint density at radius 3 is 2.41 bits per heavy atom. The number of benzene rings is 3. The Morgan fingerprint density at radius 1 is 0.897 bits per heavy atom. The van der Waals surface area contributed by atoms with Gasteiger partial charge in [-0.3, -0.25) is 4.79 Å². The first-order chi connectivity index (χ1) is 14.1. The lowest BCUT2D eigenvalue weighted by Crippen LogP contribution is -1.99. The third kappa shape index (κ3) is 5.48. The third-order valence-corrected chi connectivity index (χ3v) is 4.50. The van der Waals surface area contributed by atoms with E-state index >= 15 is 0 Å². The molecule has 0 saturated heterocycles. The van der Waals surface area contributed by atoms with Crippen molar-refractivity contribution in [2.24, 2.45) is 0 Å². The maximum absolute atomic E-state index is 12.4. The summed E-state index contributed by atoms with van der Waals surface area (Å²) in [7, 11) is 3.21. The number of methoxy groups -OCH3 is 2. The lowest BCUT2D eigenvalue weighted by molar-refractivity contribution is 0.104. The van der Waals surface area contributed by atoms with Crippen LogP contribution >= 0.6 is 0 Å². The van der Waals surface area contributed by atoms with E-state index in [4.69, 9.17) is 14.2 Å². The van der Waals surface area contributed by atoms with Crippen LogP contribution in [0.2, 0.25) is 0 Å². The normalized spacial score (nSPS) is 10.7. The molecule has 0 bridgehead atoms. The summed E-state index contributed by atoms with van der Waals surface area (Å²) in [6.07, 6.45) is 3.35. The average Bonchev–Trinajstić information content (AvgIpc) is 2.77. The van der Waals surface area contributed by atoms with E-state index in [1.165, 1.54) is 5.56 Å². The Kier molecular flexibility index (Phi) is 6.69. The molecule has 0 atom stereocenters. The van der Waals surface area contributed by atoms with Crippen LogP contribution < -0.4 is 14.2 Å². The molecule has 29 heavy (non-hydrogen) atoms. The number of ketones is 1. The van der Waals surface area contributed by atoms with E-state index in [-0.39, 0.29) is 5.78 Å². The van der Waals surface area contributed by atoms with Crippen molar-refractivity contribution in [3.05, 3.63) is 95.1 Å². The van der Waals surface area contributed by atoms with Gasteiger partial charge in [0.05, 0.1) is 14.2 Å². The van der Waals surface area contributed by atoms with Crippen LogP contribution in [0.5, 0.6) is 17.2 Å². The fourth-order valence-corrected chi connectivity index (χ4v) is 2.86. The number of allylic oxidation sites excluding steroid dienone is 1. The zero-order chi connectivity index (χ0) is 20.6. The predicted molar refractivity (Wildman–Crippen MR) is 115 cm³/mol. The van der Waals surface area contributed by atoms with Crippen LogP contribution in [0.1, 0.15) is 27.0 Å². The Bertz CT molecular complexity index is 1000. The molecule has 3 aromatic rings. The molecule has 3 aromatic carbocycles. The van der Waals surface area contributed by atoms with Gasteiger partial charge in [0, 0.05) is 11.1 Å². The second kappa shape index (κ2) is 9.60.